The van der Waals surface area contributed by atoms with Crippen LogP contribution < -0.4 is 4.74 Å². The molecular formula is C21H23BrN2O4. The molecule has 2 aromatic rings. The van der Waals surface area contributed by atoms with Crippen LogP contribution in [-0.2, 0) is 16.1 Å². The molecule has 0 bridgehead atoms. The van der Waals surface area contributed by atoms with E-state index in [2.05, 4.69) is 20.8 Å². The zero-order valence-electron chi connectivity index (χ0n) is 15.8. The minimum absolute atomic E-state index is 0.0162. The highest BCUT2D eigenvalue weighted by Gasteiger charge is 2.22. The number of esters is 1. The first-order valence-electron chi connectivity index (χ1n) is 9.11. The Bertz CT molecular complexity index is 817. The molecule has 148 valence electrons. The first kappa shape index (κ1) is 20.4. The topological polar surface area (TPSA) is 59.1 Å². The van der Waals surface area contributed by atoms with Crippen molar-refractivity contribution in [2.45, 2.75) is 6.54 Å². The normalized spacial score (nSPS) is 14.6. The Balaban J connectivity index is 1.48. The van der Waals surface area contributed by atoms with Crippen LogP contribution >= 0.6 is 15.9 Å². The van der Waals surface area contributed by atoms with Gasteiger partial charge in [-0.25, -0.2) is 4.79 Å². The smallest absolute Gasteiger partial charge is 0.338 e. The maximum absolute atomic E-state index is 12.4. The van der Waals surface area contributed by atoms with Crippen LogP contribution in [0.15, 0.2) is 53.0 Å². The maximum atomic E-state index is 12.4. The number of rotatable bonds is 6. The van der Waals surface area contributed by atoms with Crippen LogP contribution in [0.5, 0.6) is 5.75 Å². The fourth-order valence-electron chi connectivity index (χ4n) is 3.13. The Labute approximate surface area is 173 Å². The second-order valence-electron chi connectivity index (χ2n) is 6.55. The quantitative estimate of drug-likeness (QED) is 0.638. The average Bonchev–Trinajstić information content (AvgIpc) is 2.73. The number of carbonyl (C=O) groups excluding carboxylic acids is 2. The molecule has 7 heteroatoms. The lowest BCUT2D eigenvalue weighted by molar-refractivity contribution is -0.135. The van der Waals surface area contributed by atoms with E-state index < -0.39 is 0 Å². The summed E-state index contributed by atoms with van der Waals surface area (Å²) in [5.74, 6) is 0.335. The van der Waals surface area contributed by atoms with Crippen molar-refractivity contribution >= 4 is 27.8 Å². The van der Waals surface area contributed by atoms with Crippen LogP contribution in [0, 0.1) is 0 Å². The molecule has 2 aromatic carbocycles. The fourth-order valence-corrected chi connectivity index (χ4v) is 3.40. The number of ether oxygens (including phenoxy) is 2. The van der Waals surface area contributed by atoms with Gasteiger partial charge in [0.1, 0.15) is 5.75 Å². The van der Waals surface area contributed by atoms with Gasteiger partial charge in [0.05, 0.1) is 12.7 Å². The zero-order valence-corrected chi connectivity index (χ0v) is 17.4. The number of amides is 1. The standard InChI is InChI=1S/C21H23BrN2O4/c1-27-21(26)19-5-3-2-4-16(19)14-23-10-12-24(13-11-23)20(25)15-28-18-8-6-17(22)7-9-18/h2-9H,10-15H2,1H3. The van der Waals surface area contributed by atoms with Gasteiger partial charge < -0.3 is 14.4 Å². The Morgan fingerprint density at radius 2 is 1.68 bits per heavy atom. The SMILES string of the molecule is COC(=O)c1ccccc1CN1CCN(C(=O)COc2ccc(Br)cc2)CC1. The highest BCUT2D eigenvalue weighted by Crippen LogP contribution is 2.17. The summed E-state index contributed by atoms with van der Waals surface area (Å²) in [7, 11) is 1.39. The van der Waals surface area contributed by atoms with Gasteiger partial charge in [0, 0.05) is 37.2 Å². The third-order valence-electron chi connectivity index (χ3n) is 4.72. The second-order valence-corrected chi connectivity index (χ2v) is 7.46. The number of carbonyl (C=O) groups is 2. The highest BCUT2D eigenvalue weighted by atomic mass is 79.9. The summed E-state index contributed by atoms with van der Waals surface area (Å²) in [5.41, 5.74) is 1.53. The summed E-state index contributed by atoms with van der Waals surface area (Å²) in [6, 6.07) is 14.9. The molecule has 0 spiro atoms. The summed E-state index contributed by atoms with van der Waals surface area (Å²) >= 11 is 3.37. The monoisotopic (exact) mass is 446 g/mol. The molecule has 6 nitrogen and oxygen atoms in total. The number of piperazine rings is 1. The van der Waals surface area contributed by atoms with Crippen molar-refractivity contribution in [3.8, 4) is 5.75 Å². The van der Waals surface area contributed by atoms with Crippen molar-refractivity contribution in [3.05, 3.63) is 64.1 Å². The van der Waals surface area contributed by atoms with Crippen molar-refractivity contribution in [1.29, 1.82) is 0 Å². The largest absolute Gasteiger partial charge is 0.484 e. The molecule has 1 aliphatic rings. The third-order valence-corrected chi connectivity index (χ3v) is 5.25. The van der Waals surface area contributed by atoms with E-state index in [0.717, 1.165) is 23.1 Å². The molecule has 0 radical (unpaired) electrons. The Kier molecular flexibility index (Phi) is 7.06. The molecule has 0 saturated carbocycles. The van der Waals surface area contributed by atoms with Gasteiger partial charge in [-0.15, -0.1) is 0 Å². The molecular weight excluding hydrogens is 424 g/mol. The number of hydrogen-bond acceptors (Lipinski definition) is 5. The number of halogens is 1. The zero-order chi connectivity index (χ0) is 19.9. The van der Waals surface area contributed by atoms with Gasteiger partial charge in [0.25, 0.3) is 5.91 Å². The molecule has 0 N–H and O–H groups in total. The van der Waals surface area contributed by atoms with Crippen LogP contribution in [0.3, 0.4) is 0 Å². The van der Waals surface area contributed by atoms with Crippen LogP contribution in [0.2, 0.25) is 0 Å². The molecule has 3 rings (SSSR count). The van der Waals surface area contributed by atoms with Gasteiger partial charge in [0.2, 0.25) is 0 Å². The maximum Gasteiger partial charge on any atom is 0.338 e. The predicted octanol–water partition coefficient (Wildman–Crippen LogP) is 2.96. The van der Waals surface area contributed by atoms with E-state index in [0.29, 0.717) is 30.9 Å². The van der Waals surface area contributed by atoms with E-state index in [1.807, 2.05) is 47.4 Å². The van der Waals surface area contributed by atoms with Crippen LogP contribution in [-0.4, -0.2) is 61.6 Å². The van der Waals surface area contributed by atoms with Gasteiger partial charge in [-0.1, -0.05) is 34.1 Å². The predicted molar refractivity (Wildman–Crippen MR) is 109 cm³/mol. The van der Waals surface area contributed by atoms with Crippen molar-refractivity contribution in [3.63, 3.8) is 0 Å². The minimum Gasteiger partial charge on any atom is -0.484 e. The van der Waals surface area contributed by atoms with Crippen molar-refractivity contribution in [1.82, 2.24) is 9.80 Å². The van der Waals surface area contributed by atoms with Gasteiger partial charge >= 0.3 is 5.97 Å². The van der Waals surface area contributed by atoms with Gasteiger partial charge in [0.15, 0.2) is 6.61 Å². The molecule has 1 saturated heterocycles. The molecule has 0 atom stereocenters. The molecule has 1 amide bonds. The van der Waals surface area contributed by atoms with Crippen molar-refractivity contribution in [2.75, 3.05) is 39.9 Å². The van der Waals surface area contributed by atoms with Crippen molar-refractivity contribution < 1.29 is 19.1 Å². The Hall–Kier alpha value is -2.38. The fraction of sp³-hybridized carbons (Fsp3) is 0.333. The van der Waals surface area contributed by atoms with Gasteiger partial charge in [-0.3, -0.25) is 9.69 Å². The molecule has 28 heavy (non-hydrogen) atoms. The summed E-state index contributed by atoms with van der Waals surface area (Å²) in [6.07, 6.45) is 0. The lowest BCUT2D eigenvalue weighted by Gasteiger charge is -2.34. The molecule has 1 fully saturated rings. The van der Waals surface area contributed by atoms with Gasteiger partial charge in [-0.2, -0.15) is 0 Å². The second kappa shape index (κ2) is 9.71. The highest BCUT2D eigenvalue weighted by molar-refractivity contribution is 9.10. The first-order chi connectivity index (χ1) is 13.6. The van der Waals surface area contributed by atoms with E-state index in [4.69, 9.17) is 9.47 Å². The third kappa shape index (κ3) is 5.33. The van der Waals surface area contributed by atoms with E-state index in [-0.39, 0.29) is 18.5 Å². The first-order valence-corrected chi connectivity index (χ1v) is 9.91. The van der Waals surface area contributed by atoms with Gasteiger partial charge in [-0.05, 0) is 35.9 Å². The molecule has 1 heterocycles. The number of hydrogen-bond donors (Lipinski definition) is 0. The Morgan fingerprint density at radius 1 is 1.00 bits per heavy atom. The average molecular weight is 447 g/mol. The number of methoxy groups -OCH3 is 1. The summed E-state index contributed by atoms with van der Waals surface area (Å²) in [5, 5.41) is 0. The van der Waals surface area contributed by atoms with E-state index in [9.17, 15) is 9.59 Å². The molecule has 0 unspecified atom stereocenters. The summed E-state index contributed by atoms with van der Waals surface area (Å²) in [4.78, 5) is 28.4. The van der Waals surface area contributed by atoms with Crippen molar-refractivity contribution in [2.24, 2.45) is 0 Å². The lowest BCUT2D eigenvalue weighted by atomic mass is 10.1. The van der Waals surface area contributed by atoms with Crippen LogP contribution in [0.1, 0.15) is 15.9 Å². The van der Waals surface area contributed by atoms with E-state index >= 15 is 0 Å². The van der Waals surface area contributed by atoms with E-state index in [1.54, 1.807) is 6.07 Å². The molecule has 1 aliphatic heterocycles. The minimum atomic E-state index is -0.325. The van der Waals surface area contributed by atoms with E-state index in [1.165, 1.54) is 7.11 Å². The molecule has 0 aliphatic carbocycles. The Morgan fingerprint density at radius 3 is 2.36 bits per heavy atom. The molecule has 0 aromatic heterocycles. The number of benzene rings is 2. The van der Waals surface area contributed by atoms with Crippen LogP contribution in [0.4, 0.5) is 0 Å². The lowest BCUT2D eigenvalue weighted by Crippen LogP contribution is -2.49. The summed E-state index contributed by atoms with van der Waals surface area (Å²) in [6.45, 7) is 3.47. The van der Waals surface area contributed by atoms with Crippen LogP contribution in [0.25, 0.3) is 0 Å². The number of nitrogens with zero attached hydrogens (tertiary/aromatic N) is 2. The summed E-state index contributed by atoms with van der Waals surface area (Å²) < 4.78 is 11.4.